The number of amides is 2. The summed E-state index contributed by atoms with van der Waals surface area (Å²) in [5, 5.41) is 2.61. The fourth-order valence-electron chi connectivity index (χ4n) is 3.01. The fraction of sp³-hybridized carbons (Fsp3) is 0.263. The van der Waals surface area contributed by atoms with Crippen molar-refractivity contribution in [2.75, 3.05) is 11.4 Å². The van der Waals surface area contributed by atoms with Crippen LogP contribution in [0.5, 0.6) is 0 Å². The van der Waals surface area contributed by atoms with Crippen LogP contribution in [0.2, 0.25) is 0 Å². The minimum absolute atomic E-state index is 0. The quantitative estimate of drug-likeness (QED) is 0.835. The first-order valence-corrected chi connectivity index (χ1v) is 8.23. The van der Waals surface area contributed by atoms with Crippen LogP contribution < -0.4 is 16.0 Å². The Kier molecular flexibility index (Phi) is 6.18. The molecule has 0 saturated carbocycles. The molecule has 1 aliphatic heterocycles. The van der Waals surface area contributed by atoms with Crippen molar-refractivity contribution in [1.82, 2.24) is 5.32 Å². The minimum Gasteiger partial charge on any atom is -0.342 e. The van der Waals surface area contributed by atoms with Crippen LogP contribution in [0.15, 0.2) is 48.5 Å². The van der Waals surface area contributed by atoms with E-state index >= 15 is 0 Å². The van der Waals surface area contributed by atoms with E-state index in [9.17, 15) is 18.4 Å². The number of para-hydroxylation sites is 1. The molecule has 0 radical (unpaired) electrons. The molecular formula is C19H20ClF2N3O2. The van der Waals surface area contributed by atoms with E-state index in [0.717, 1.165) is 17.0 Å². The van der Waals surface area contributed by atoms with Gasteiger partial charge in [-0.25, -0.2) is 8.78 Å². The van der Waals surface area contributed by atoms with E-state index < -0.39 is 40.7 Å². The largest absolute Gasteiger partial charge is 0.342 e. The number of carbonyl (C=O) groups excluding carboxylic acids is 2. The summed E-state index contributed by atoms with van der Waals surface area (Å²) in [6.07, 6.45) is 0.239. The Bertz CT molecular complexity index is 826. The van der Waals surface area contributed by atoms with Crippen LogP contribution in [0, 0.1) is 11.6 Å². The molecule has 1 saturated heterocycles. The summed E-state index contributed by atoms with van der Waals surface area (Å²) in [6.45, 7) is 1.65. The third-order valence-corrected chi connectivity index (χ3v) is 4.56. The van der Waals surface area contributed by atoms with Gasteiger partial charge in [-0.2, -0.15) is 0 Å². The van der Waals surface area contributed by atoms with Gasteiger partial charge in [-0.3, -0.25) is 9.59 Å². The van der Waals surface area contributed by atoms with E-state index in [0.29, 0.717) is 5.56 Å². The van der Waals surface area contributed by atoms with Gasteiger partial charge < -0.3 is 16.0 Å². The van der Waals surface area contributed by atoms with Gasteiger partial charge in [-0.05, 0) is 31.0 Å². The van der Waals surface area contributed by atoms with Gasteiger partial charge in [0.25, 0.3) is 0 Å². The standard InChI is InChI=1S/C19H19F2N3O2.ClH/c1-19(22,12-6-3-2-4-7-12)18(26)23-15-10-11-24(17(15)25)16-13(20)8-5-9-14(16)21;/h2-9,15H,10-11,22H2,1H3,(H,23,26);1H. The Morgan fingerprint density at radius 2 is 1.74 bits per heavy atom. The van der Waals surface area contributed by atoms with Crippen molar-refractivity contribution in [3.05, 3.63) is 65.7 Å². The molecule has 0 aliphatic carbocycles. The van der Waals surface area contributed by atoms with Crippen molar-refractivity contribution in [2.24, 2.45) is 5.73 Å². The molecule has 3 rings (SSSR count). The molecule has 0 spiro atoms. The molecule has 2 aromatic rings. The first-order chi connectivity index (χ1) is 12.3. The lowest BCUT2D eigenvalue weighted by molar-refractivity contribution is -0.130. The lowest BCUT2D eigenvalue weighted by Gasteiger charge is -2.26. The first-order valence-electron chi connectivity index (χ1n) is 8.23. The fourth-order valence-corrected chi connectivity index (χ4v) is 3.01. The highest BCUT2D eigenvalue weighted by Crippen LogP contribution is 2.28. The number of benzene rings is 2. The summed E-state index contributed by atoms with van der Waals surface area (Å²) in [5.41, 5.74) is 5.01. The van der Waals surface area contributed by atoms with Crippen LogP contribution in [0.25, 0.3) is 0 Å². The van der Waals surface area contributed by atoms with Crippen LogP contribution in [0.1, 0.15) is 18.9 Å². The number of nitrogens with zero attached hydrogens (tertiary/aromatic N) is 1. The lowest BCUT2D eigenvalue weighted by atomic mass is 9.92. The maximum atomic E-state index is 13.9. The second-order valence-electron chi connectivity index (χ2n) is 6.44. The Hall–Kier alpha value is -2.51. The molecule has 2 amide bonds. The Morgan fingerprint density at radius 3 is 2.33 bits per heavy atom. The van der Waals surface area contributed by atoms with Gasteiger partial charge in [0.2, 0.25) is 11.8 Å². The smallest absolute Gasteiger partial charge is 0.249 e. The number of rotatable bonds is 4. The predicted molar refractivity (Wildman–Crippen MR) is 100 cm³/mol. The molecule has 3 N–H and O–H groups in total. The molecule has 1 heterocycles. The normalized spacial score (nSPS) is 18.6. The number of halogens is 3. The molecule has 2 aromatic carbocycles. The maximum Gasteiger partial charge on any atom is 0.249 e. The Labute approximate surface area is 161 Å². The molecule has 5 nitrogen and oxygen atoms in total. The highest BCUT2D eigenvalue weighted by atomic mass is 35.5. The third kappa shape index (κ3) is 3.94. The van der Waals surface area contributed by atoms with Gasteiger partial charge in [-0.15, -0.1) is 12.4 Å². The van der Waals surface area contributed by atoms with E-state index in [-0.39, 0.29) is 25.4 Å². The molecule has 1 fully saturated rings. The summed E-state index contributed by atoms with van der Waals surface area (Å²) in [6, 6.07) is 11.3. The molecule has 2 atom stereocenters. The summed E-state index contributed by atoms with van der Waals surface area (Å²) < 4.78 is 27.9. The minimum atomic E-state index is -1.34. The van der Waals surface area contributed by atoms with Crippen LogP contribution in [-0.2, 0) is 15.1 Å². The lowest BCUT2D eigenvalue weighted by Crippen LogP contribution is -2.53. The Morgan fingerprint density at radius 1 is 1.15 bits per heavy atom. The van der Waals surface area contributed by atoms with Crippen molar-refractivity contribution < 1.29 is 18.4 Å². The SMILES string of the molecule is CC(N)(C(=O)NC1CCN(c2c(F)cccc2F)C1=O)c1ccccc1.Cl. The van der Waals surface area contributed by atoms with E-state index in [1.807, 2.05) is 0 Å². The molecular weight excluding hydrogens is 376 g/mol. The zero-order valence-corrected chi connectivity index (χ0v) is 15.4. The Balaban J connectivity index is 0.00000261. The van der Waals surface area contributed by atoms with Crippen molar-refractivity contribution in [3.63, 3.8) is 0 Å². The number of hydrogen-bond donors (Lipinski definition) is 2. The van der Waals surface area contributed by atoms with Gasteiger partial charge >= 0.3 is 0 Å². The summed E-state index contributed by atoms with van der Waals surface area (Å²) in [7, 11) is 0. The van der Waals surface area contributed by atoms with E-state index in [2.05, 4.69) is 5.32 Å². The number of nitrogens with two attached hydrogens (primary N) is 1. The molecule has 144 valence electrons. The third-order valence-electron chi connectivity index (χ3n) is 4.56. The average molecular weight is 396 g/mol. The van der Waals surface area contributed by atoms with Gasteiger partial charge in [0, 0.05) is 6.54 Å². The summed E-state index contributed by atoms with van der Waals surface area (Å²) >= 11 is 0. The zero-order valence-electron chi connectivity index (χ0n) is 14.6. The first kappa shape index (κ1) is 20.8. The van der Waals surface area contributed by atoms with Gasteiger partial charge in [0.1, 0.15) is 28.9 Å². The van der Waals surface area contributed by atoms with Crippen molar-refractivity contribution in [1.29, 1.82) is 0 Å². The van der Waals surface area contributed by atoms with Gasteiger partial charge in [0.05, 0.1) is 0 Å². The number of nitrogens with one attached hydrogen (secondary N) is 1. The predicted octanol–water partition coefficient (Wildman–Crippen LogP) is 2.48. The van der Waals surface area contributed by atoms with E-state index in [4.69, 9.17) is 5.73 Å². The second-order valence-corrected chi connectivity index (χ2v) is 6.44. The summed E-state index contributed by atoms with van der Waals surface area (Å²) in [5.74, 6) is -2.74. The molecule has 8 heteroatoms. The van der Waals surface area contributed by atoms with Crippen LogP contribution >= 0.6 is 12.4 Å². The average Bonchev–Trinajstić information content (AvgIpc) is 2.96. The van der Waals surface area contributed by atoms with E-state index in [1.165, 1.54) is 6.07 Å². The van der Waals surface area contributed by atoms with Crippen LogP contribution in [0.3, 0.4) is 0 Å². The number of carbonyl (C=O) groups is 2. The van der Waals surface area contributed by atoms with Crippen molar-refractivity contribution >= 4 is 29.9 Å². The van der Waals surface area contributed by atoms with Gasteiger partial charge in [0.15, 0.2) is 0 Å². The number of hydrogen-bond acceptors (Lipinski definition) is 3. The molecule has 0 bridgehead atoms. The molecule has 27 heavy (non-hydrogen) atoms. The highest BCUT2D eigenvalue weighted by molar-refractivity contribution is 6.02. The second kappa shape index (κ2) is 8.02. The zero-order chi connectivity index (χ0) is 18.9. The van der Waals surface area contributed by atoms with Crippen molar-refractivity contribution in [2.45, 2.75) is 24.9 Å². The van der Waals surface area contributed by atoms with Gasteiger partial charge in [-0.1, -0.05) is 36.4 Å². The highest BCUT2D eigenvalue weighted by Gasteiger charge is 2.39. The van der Waals surface area contributed by atoms with Crippen molar-refractivity contribution in [3.8, 4) is 0 Å². The summed E-state index contributed by atoms with van der Waals surface area (Å²) in [4.78, 5) is 26.2. The number of anilines is 1. The van der Waals surface area contributed by atoms with E-state index in [1.54, 1.807) is 37.3 Å². The molecule has 2 unspecified atom stereocenters. The molecule has 1 aliphatic rings. The van der Waals surface area contributed by atoms with Crippen LogP contribution in [0.4, 0.5) is 14.5 Å². The topological polar surface area (TPSA) is 75.4 Å². The van der Waals surface area contributed by atoms with Crippen LogP contribution in [-0.4, -0.2) is 24.4 Å². The monoisotopic (exact) mass is 395 g/mol. The molecule has 0 aromatic heterocycles. The maximum absolute atomic E-state index is 13.9.